The van der Waals surface area contributed by atoms with Crippen LogP contribution in [0.1, 0.15) is 37.2 Å². The van der Waals surface area contributed by atoms with Crippen molar-refractivity contribution in [3.05, 3.63) is 23.8 Å². The Hall–Kier alpha value is -0.920. The molecule has 0 atom stereocenters. The second-order valence-electron chi connectivity index (χ2n) is 2.97. The molecule has 11 heavy (non-hydrogen) atoms. The molecule has 1 aliphatic carbocycles. The first-order valence-corrected chi connectivity index (χ1v) is 4.14. The summed E-state index contributed by atoms with van der Waals surface area (Å²) in [5.74, 6) is 1.65. The molecule has 2 nitrogen and oxygen atoms in total. The van der Waals surface area contributed by atoms with Gasteiger partial charge in [0.1, 0.15) is 5.82 Å². The van der Waals surface area contributed by atoms with Crippen LogP contribution in [0.4, 0.5) is 0 Å². The molecule has 0 aliphatic heterocycles. The van der Waals surface area contributed by atoms with Crippen molar-refractivity contribution >= 4 is 0 Å². The molecule has 0 spiro atoms. The third kappa shape index (κ3) is 1.39. The maximum absolute atomic E-state index is 4.41. The fourth-order valence-electron chi connectivity index (χ4n) is 1.08. The minimum atomic E-state index is 0.651. The van der Waals surface area contributed by atoms with Crippen LogP contribution in [0.3, 0.4) is 0 Å². The Bertz CT molecular complexity index is 253. The van der Waals surface area contributed by atoms with Gasteiger partial charge in [-0.15, -0.1) is 0 Å². The van der Waals surface area contributed by atoms with E-state index in [0.29, 0.717) is 5.92 Å². The van der Waals surface area contributed by atoms with Crippen LogP contribution in [0.15, 0.2) is 6.07 Å². The zero-order chi connectivity index (χ0) is 7.68. The summed E-state index contributed by atoms with van der Waals surface area (Å²) in [6.07, 6.45) is 6.40. The molecule has 57 valence electrons. The second kappa shape index (κ2) is 2.61. The Kier molecular flexibility index (Phi) is 1.60. The van der Waals surface area contributed by atoms with Gasteiger partial charge in [0.2, 0.25) is 0 Å². The van der Waals surface area contributed by atoms with Crippen molar-refractivity contribution in [1.82, 2.24) is 9.97 Å². The monoisotopic (exact) mass is 147 g/mol. The summed E-state index contributed by atoms with van der Waals surface area (Å²) in [6.45, 7) is 2.10. The third-order valence-corrected chi connectivity index (χ3v) is 1.97. The number of hydrogen-bond acceptors (Lipinski definition) is 2. The first-order chi connectivity index (χ1) is 5.40. The molecule has 1 heterocycles. The molecule has 1 radical (unpaired) electrons. The highest BCUT2D eigenvalue weighted by Crippen LogP contribution is 2.37. The number of nitrogens with zero attached hydrogens (tertiary/aromatic N) is 2. The van der Waals surface area contributed by atoms with Gasteiger partial charge in [0, 0.05) is 11.6 Å². The lowest BCUT2D eigenvalue weighted by atomic mass is 10.3. The van der Waals surface area contributed by atoms with Crippen LogP contribution < -0.4 is 0 Å². The molecular formula is C9H11N2. The van der Waals surface area contributed by atoms with Crippen molar-refractivity contribution in [2.75, 3.05) is 0 Å². The van der Waals surface area contributed by atoms with Gasteiger partial charge in [0.05, 0.1) is 6.20 Å². The maximum Gasteiger partial charge on any atom is 0.132 e. The van der Waals surface area contributed by atoms with E-state index < -0.39 is 0 Å². The molecule has 0 saturated heterocycles. The number of aromatic nitrogens is 2. The Morgan fingerprint density at radius 1 is 1.64 bits per heavy atom. The molecule has 0 N–H and O–H groups in total. The van der Waals surface area contributed by atoms with E-state index in [1.807, 2.05) is 6.07 Å². The van der Waals surface area contributed by atoms with Gasteiger partial charge in [0.15, 0.2) is 0 Å². The van der Waals surface area contributed by atoms with Gasteiger partial charge >= 0.3 is 0 Å². The van der Waals surface area contributed by atoms with Crippen LogP contribution >= 0.6 is 0 Å². The first-order valence-electron chi connectivity index (χ1n) is 4.14. The SMILES string of the molecule is CCc1c[c]nc(C2CC2)n1. The quantitative estimate of drug-likeness (QED) is 0.636. The van der Waals surface area contributed by atoms with Crippen LogP contribution in [-0.2, 0) is 6.42 Å². The molecule has 1 aromatic heterocycles. The lowest BCUT2D eigenvalue weighted by Gasteiger charge is -1.97. The van der Waals surface area contributed by atoms with E-state index in [4.69, 9.17) is 0 Å². The predicted molar refractivity (Wildman–Crippen MR) is 42.2 cm³/mol. The van der Waals surface area contributed by atoms with Crippen molar-refractivity contribution in [3.8, 4) is 0 Å². The van der Waals surface area contributed by atoms with E-state index in [1.54, 1.807) is 0 Å². The maximum atomic E-state index is 4.41. The van der Waals surface area contributed by atoms with Gasteiger partial charge < -0.3 is 0 Å². The highest BCUT2D eigenvalue weighted by Gasteiger charge is 2.26. The van der Waals surface area contributed by atoms with Crippen LogP contribution in [0.2, 0.25) is 0 Å². The normalized spacial score (nSPS) is 16.8. The highest BCUT2D eigenvalue weighted by molar-refractivity contribution is 5.08. The van der Waals surface area contributed by atoms with Crippen molar-refractivity contribution < 1.29 is 0 Å². The molecule has 0 unspecified atom stereocenters. The van der Waals surface area contributed by atoms with Crippen LogP contribution in [-0.4, -0.2) is 9.97 Å². The van der Waals surface area contributed by atoms with E-state index in [1.165, 1.54) is 12.8 Å². The first kappa shape index (κ1) is 6.77. The lowest BCUT2D eigenvalue weighted by molar-refractivity contribution is 0.875. The number of hydrogen-bond donors (Lipinski definition) is 0. The molecule has 2 rings (SSSR count). The minimum absolute atomic E-state index is 0.651. The van der Waals surface area contributed by atoms with Gasteiger partial charge in [-0.1, -0.05) is 6.92 Å². The smallest absolute Gasteiger partial charge is 0.132 e. The standard InChI is InChI=1S/C9H11N2/c1-2-8-5-6-10-9(11-8)7-3-4-7/h5,7H,2-4H2,1H3. The largest absolute Gasteiger partial charge is 0.238 e. The average molecular weight is 147 g/mol. The Morgan fingerprint density at radius 3 is 3.09 bits per heavy atom. The highest BCUT2D eigenvalue weighted by atomic mass is 14.9. The lowest BCUT2D eigenvalue weighted by Crippen LogP contribution is -1.95. The summed E-state index contributed by atoms with van der Waals surface area (Å²) in [6, 6.07) is 1.87. The van der Waals surface area contributed by atoms with Crippen LogP contribution in [0, 0.1) is 6.20 Å². The van der Waals surface area contributed by atoms with E-state index in [9.17, 15) is 0 Å². The van der Waals surface area contributed by atoms with Gasteiger partial charge in [-0.25, -0.2) is 9.97 Å². The summed E-state index contributed by atoms with van der Waals surface area (Å²) in [5.41, 5.74) is 1.11. The van der Waals surface area contributed by atoms with E-state index >= 15 is 0 Å². The van der Waals surface area contributed by atoms with Crippen molar-refractivity contribution in [1.29, 1.82) is 0 Å². The molecule has 0 bridgehead atoms. The summed E-state index contributed by atoms with van der Waals surface area (Å²) in [7, 11) is 0. The fraction of sp³-hybridized carbons (Fsp3) is 0.556. The number of rotatable bonds is 2. The second-order valence-corrected chi connectivity index (χ2v) is 2.97. The zero-order valence-electron chi connectivity index (χ0n) is 6.67. The van der Waals surface area contributed by atoms with Crippen molar-refractivity contribution in [3.63, 3.8) is 0 Å². The molecule has 1 saturated carbocycles. The molecule has 0 aromatic carbocycles. The number of aryl methyl sites for hydroxylation is 1. The Morgan fingerprint density at radius 2 is 2.45 bits per heavy atom. The van der Waals surface area contributed by atoms with Crippen LogP contribution in [0.25, 0.3) is 0 Å². The van der Waals surface area contributed by atoms with E-state index in [-0.39, 0.29) is 0 Å². The molecular weight excluding hydrogens is 136 g/mol. The molecule has 1 aromatic rings. The molecule has 1 aliphatic rings. The van der Waals surface area contributed by atoms with Crippen molar-refractivity contribution in [2.45, 2.75) is 32.1 Å². The Labute approximate surface area is 66.7 Å². The van der Waals surface area contributed by atoms with Gasteiger partial charge in [-0.2, -0.15) is 0 Å². The summed E-state index contributed by atoms with van der Waals surface area (Å²) in [4.78, 5) is 8.52. The molecule has 1 fully saturated rings. The van der Waals surface area contributed by atoms with E-state index in [0.717, 1.165) is 17.9 Å². The topological polar surface area (TPSA) is 25.8 Å². The Balaban J connectivity index is 2.26. The average Bonchev–Trinajstić information content (AvgIpc) is 2.87. The molecule has 2 heteroatoms. The van der Waals surface area contributed by atoms with Gasteiger partial charge in [-0.3, -0.25) is 0 Å². The summed E-state index contributed by atoms with van der Waals surface area (Å²) < 4.78 is 0. The van der Waals surface area contributed by atoms with Crippen molar-refractivity contribution in [2.24, 2.45) is 0 Å². The van der Waals surface area contributed by atoms with E-state index in [2.05, 4.69) is 23.1 Å². The fourth-order valence-corrected chi connectivity index (χ4v) is 1.08. The zero-order valence-corrected chi connectivity index (χ0v) is 6.67. The van der Waals surface area contributed by atoms with Gasteiger partial charge in [-0.05, 0) is 25.3 Å². The minimum Gasteiger partial charge on any atom is -0.238 e. The van der Waals surface area contributed by atoms with Gasteiger partial charge in [0.25, 0.3) is 0 Å². The predicted octanol–water partition coefficient (Wildman–Crippen LogP) is 1.72. The third-order valence-electron chi connectivity index (χ3n) is 1.97. The summed E-state index contributed by atoms with van der Waals surface area (Å²) >= 11 is 0. The molecule has 0 amide bonds. The van der Waals surface area contributed by atoms with Crippen LogP contribution in [0.5, 0.6) is 0 Å². The summed E-state index contributed by atoms with van der Waals surface area (Å²) in [5, 5.41) is 0.